The molecule has 1 aromatic carbocycles. The molecule has 1 aliphatic heterocycles. The van der Waals surface area contributed by atoms with E-state index in [1.807, 2.05) is 46.5 Å². The summed E-state index contributed by atoms with van der Waals surface area (Å²) in [6, 6.07) is 11.0. The molecule has 0 bridgehead atoms. The van der Waals surface area contributed by atoms with Gasteiger partial charge >= 0.3 is 11.8 Å². The lowest BCUT2D eigenvalue weighted by atomic mass is 10.0. The van der Waals surface area contributed by atoms with Gasteiger partial charge in [-0.05, 0) is 70.4 Å². The second-order valence-corrected chi connectivity index (χ2v) is 8.38. The minimum atomic E-state index is -0.706. The van der Waals surface area contributed by atoms with E-state index >= 15 is 0 Å². The van der Waals surface area contributed by atoms with Gasteiger partial charge in [0.1, 0.15) is 0 Å². The number of amides is 3. The summed E-state index contributed by atoms with van der Waals surface area (Å²) >= 11 is 2.96. The molecule has 8 heteroatoms. The Morgan fingerprint density at radius 3 is 2.72 bits per heavy atom. The molecule has 3 aromatic rings. The Kier molecular flexibility index (Phi) is 5.73. The van der Waals surface area contributed by atoms with Crippen molar-refractivity contribution in [2.24, 2.45) is 0 Å². The van der Waals surface area contributed by atoms with Crippen LogP contribution in [0.4, 0.5) is 11.4 Å². The average molecular weight is 426 g/mol. The molecule has 3 amide bonds. The first kappa shape index (κ1) is 19.4. The lowest BCUT2D eigenvalue weighted by Gasteiger charge is -2.29. The van der Waals surface area contributed by atoms with Crippen LogP contribution >= 0.6 is 22.7 Å². The predicted octanol–water partition coefficient (Wildman–Crippen LogP) is 3.66. The Labute approximate surface area is 176 Å². The zero-order valence-electron chi connectivity index (χ0n) is 15.5. The number of rotatable bonds is 4. The summed E-state index contributed by atoms with van der Waals surface area (Å²) in [4.78, 5) is 39.5. The number of hydrogen-bond donors (Lipinski definition) is 2. The van der Waals surface area contributed by atoms with E-state index in [-0.39, 0.29) is 5.91 Å². The maximum Gasteiger partial charge on any atom is 0.313 e. The lowest BCUT2D eigenvalue weighted by Crippen LogP contribution is -2.36. The van der Waals surface area contributed by atoms with Gasteiger partial charge in [-0.15, -0.1) is 11.3 Å². The van der Waals surface area contributed by atoms with Crippen molar-refractivity contribution in [3.05, 3.63) is 68.5 Å². The first-order chi connectivity index (χ1) is 14.1. The van der Waals surface area contributed by atoms with Crippen LogP contribution in [0.1, 0.15) is 27.2 Å². The van der Waals surface area contributed by atoms with Gasteiger partial charge in [0.05, 0.1) is 4.88 Å². The zero-order chi connectivity index (χ0) is 20.2. The highest BCUT2D eigenvalue weighted by Crippen LogP contribution is 2.31. The fourth-order valence-corrected chi connectivity index (χ4v) is 4.60. The highest BCUT2D eigenvalue weighted by molar-refractivity contribution is 7.12. The van der Waals surface area contributed by atoms with Crippen molar-refractivity contribution in [2.75, 3.05) is 16.8 Å². The van der Waals surface area contributed by atoms with E-state index in [1.54, 1.807) is 11.0 Å². The third-order valence-corrected chi connectivity index (χ3v) is 6.26. The van der Waals surface area contributed by atoms with E-state index in [9.17, 15) is 14.4 Å². The van der Waals surface area contributed by atoms with Crippen LogP contribution in [-0.4, -0.2) is 24.3 Å². The van der Waals surface area contributed by atoms with Crippen LogP contribution in [0.25, 0.3) is 0 Å². The highest BCUT2D eigenvalue weighted by atomic mass is 32.1. The molecule has 6 nitrogen and oxygen atoms in total. The third-order valence-electron chi connectivity index (χ3n) is 4.67. The SMILES string of the molecule is O=C(NCc1ccsc1)C(=O)Nc1ccc2c(c1)CCCN2C(=O)c1cccs1. The summed E-state index contributed by atoms with van der Waals surface area (Å²) < 4.78 is 0. The number of anilines is 2. The molecule has 2 aromatic heterocycles. The van der Waals surface area contributed by atoms with Crippen LogP contribution in [0.2, 0.25) is 0 Å². The van der Waals surface area contributed by atoms with Crippen molar-refractivity contribution in [1.29, 1.82) is 0 Å². The number of carbonyl (C=O) groups excluding carboxylic acids is 3. The van der Waals surface area contributed by atoms with Crippen molar-refractivity contribution < 1.29 is 14.4 Å². The molecular weight excluding hydrogens is 406 g/mol. The Morgan fingerprint density at radius 2 is 1.97 bits per heavy atom. The monoisotopic (exact) mass is 425 g/mol. The topological polar surface area (TPSA) is 78.5 Å². The zero-order valence-corrected chi connectivity index (χ0v) is 17.1. The van der Waals surface area contributed by atoms with Crippen LogP contribution in [-0.2, 0) is 22.6 Å². The van der Waals surface area contributed by atoms with Crippen LogP contribution in [0.3, 0.4) is 0 Å². The molecule has 0 atom stereocenters. The van der Waals surface area contributed by atoms with Gasteiger partial charge in [0.25, 0.3) is 5.91 Å². The van der Waals surface area contributed by atoms with Gasteiger partial charge in [-0.3, -0.25) is 14.4 Å². The fraction of sp³-hybridized carbons (Fsp3) is 0.190. The molecule has 2 N–H and O–H groups in total. The van der Waals surface area contributed by atoms with Gasteiger partial charge < -0.3 is 15.5 Å². The number of fused-ring (bicyclic) bond motifs is 1. The smallest absolute Gasteiger partial charge is 0.313 e. The number of carbonyl (C=O) groups is 3. The fourth-order valence-electron chi connectivity index (χ4n) is 3.26. The van der Waals surface area contributed by atoms with Gasteiger partial charge in [0.2, 0.25) is 0 Å². The van der Waals surface area contributed by atoms with E-state index < -0.39 is 11.8 Å². The van der Waals surface area contributed by atoms with E-state index in [4.69, 9.17) is 0 Å². The van der Waals surface area contributed by atoms with Gasteiger partial charge in [0.15, 0.2) is 0 Å². The van der Waals surface area contributed by atoms with E-state index in [1.165, 1.54) is 22.7 Å². The molecule has 0 spiro atoms. The molecule has 0 aliphatic carbocycles. The molecule has 29 heavy (non-hydrogen) atoms. The molecule has 0 fully saturated rings. The summed E-state index contributed by atoms with van der Waals surface area (Å²) in [5, 5.41) is 11.0. The number of nitrogens with one attached hydrogen (secondary N) is 2. The standard InChI is InChI=1S/C21H19N3O3S2/c25-19(22-12-14-7-10-28-13-14)20(26)23-16-5-6-17-15(11-16)3-1-8-24(17)21(27)18-4-2-9-29-18/h2,4-7,9-11,13H,1,3,8,12H2,(H,22,25)(H,23,26). The van der Waals surface area contributed by atoms with Crippen LogP contribution in [0, 0.1) is 0 Å². The molecule has 0 unspecified atom stereocenters. The maximum atomic E-state index is 12.8. The molecule has 0 radical (unpaired) electrons. The summed E-state index contributed by atoms with van der Waals surface area (Å²) in [5.41, 5.74) is 3.34. The molecule has 1 aliphatic rings. The minimum Gasteiger partial charge on any atom is -0.344 e. The largest absolute Gasteiger partial charge is 0.344 e. The average Bonchev–Trinajstić information content (AvgIpc) is 3.45. The molecule has 3 heterocycles. The number of hydrogen-bond acceptors (Lipinski definition) is 5. The Balaban J connectivity index is 1.43. The number of thiophene rings is 2. The first-order valence-electron chi connectivity index (χ1n) is 9.20. The van der Waals surface area contributed by atoms with E-state index in [2.05, 4.69) is 10.6 Å². The quantitative estimate of drug-likeness (QED) is 0.626. The molecule has 4 rings (SSSR count). The molecule has 0 saturated heterocycles. The second-order valence-electron chi connectivity index (χ2n) is 6.65. The minimum absolute atomic E-state index is 0.00876. The molecule has 0 saturated carbocycles. The molecular formula is C21H19N3O3S2. The normalized spacial score (nSPS) is 12.9. The van der Waals surface area contributed by atoms with Crippen LogP contribution < -0.4 is 15.5 Å². The Morgan fingerprint density at radius 1 is 1.07 bits per heavy atom. The van der Waals surface area contributed by atoms with Gasteiger partial charge in [-0.25, -0.2) is 0 Å². The lowest BCUT2D eigenvalue weighted by molar-refractivity contribution is -0.136. The van der Waals surface area contributed by atoms with Gasteiger partial charge in [-0.2, -0.15) is 11.3 Å². The van der Waals surface area contributed by atoms with Crippen LogP contribution in [0.15, 0.2) is 52.5 Å². The maximum absolute atomic E-state index is 12.8. The van der Waals surface area contributed by atoms with E-state index in [0.29, 0.717) is 23.7 Å². The molecule has 148 valence electrons. The predicted molar refractivity (Wildman–Crippen MR) is 116 cm³/mol. The number of aryl methyl sites for hydroxylation is 1. The van der Waals surface area contributed by atoms with Crippen molar-refractivity contribution >= 4 is 51.8 Å². The van der Waals surface area contributed by atoms with Crippen molar-refractivity contribution in [3.8, 4) is 0 Å². The first-order valence-corrected chi connectivity index (χ1v) is 11.0. The van der Waals surface area contributed by atoms with Crippen molar-refractivity contribution in [2.45, 2.75) is 19.4 Å². The van der Waals surface area contributed by atoms with Gasteiger partial charge in [-0.1, -0.05) is 6.07 Å². The highest BCUT2D eigenvalue weighted by Gasteiger charge is 2.24. The van der Waals surface area contributed by atoms with Crippen molar-refractivity contribution in [3.63, 3.8) is 0 Å². The summed E-state index contributed by atoms with van der Waals surface area (Å²) in [6.45, 7) is 0.986. The summed E-state index contributed by atoms with van der Waals surface area (Å²) in [7, 11) is 0. The third kappa shape index (κ3) is 4.38. The summed E-state index contributed by atoms with van der Waals surface area (Å²) in [6.07, 6.45) is 1.67. The van der Waals surface area contributed by atoms with Gasteiger partial charge in [0, 0.05) is 24.5 Å². The Hall–Kier alpha value is -2.97. The van der Waals surface area contributed by atoms with E-state index in [0.717, 1.165) is 29.7 Å². The summed E-state index contributed by atoms with van der Waals surface area (Å²) in [5.74, 6) is -1.39. The number of nitrogens with zero attached hydrogens (tertiary/aromatic N) is 1. The number of benzene rings is 1. The second kappa shape index (κ2) is 8.59. The van der Waals surface area contributed by atoms with Crippen LogP contribution in [0.5, 0.6) is 0 Å². The Bertz CT molecular complexity index is 1030. The van der Waals surface area contributed by atoms with Crippen molar-refractivity contribution in [1.82, 2.24) is 5.32 Å².